The topological polar surface area (TPSA) is 77.8 Å². The van der Waals surface area contributed by atoms with Crippen molar-refractivity contribution in [2.24, 2.45) is 11.8 Å². The number of carboxylic acid groups (broad SMARTS) is 2. The molecule has 3 atom stereocenters. The first-order valence-electron chi connectivity index (χ1n) is 3.83. The van der Waals surface area contributed by atoms with Crippen LogP contribution in [0.1, 0.15) is 6.42 Å². The van der Waals surface area contributed by atoms with Crippen LogP contribution in [0.2, 0.25) is 0 Å². The maximum atomic E-state index is 10.6. The van der Waals surface area contributed by atoms with E-state index in [1.54, 1.807) is 0 Å². The van der Waals surface area contributed by atoms with Crippen LogP contribution in [0.5, 0.6) is 0 Å². The van der Waals surface area contributed by atoms with Gasteiger partial charge >= 0.3 is 12.1 Å². The Kier molecular flexibility index (Phi) is 1.31. The van der Waals surface area contributed by atoms with Crippen LogP contribution < -0.4 is 0 Å². The second-order valence-corrected chi connectivity index (χ2v) is 3.38. The number of nitrogens with zero attached hydrogens (tertiary/aromatic N) is 1. The van der Waals surface area contributed by atoms with E-state index in [-0.39, 0.29) is 5.92 Å². The predicted octanol–water partition coefficient (Wildman–Crippen LogP) is 0.0693. The molecule has 1 saturated heterocycles. The molecule has 0 unspecified atom stereocenters. The lowest BCUT2D eigenvalue weighted by molar-refractivity contribution is -0.142. The summed E-state index contributed by atoms with van der Waals surface area (Å²) in [5.41, 5.74) is 0. The first-order valence-corrected chi connectivity index (χ1v) is 3.83. The van der Waals surface area contributed by atoms with Crippen molar-refractivity contribution in [3.05, 3.63) is 0 Å². The smallest absolute Gasteiger partial charge is 0.408 e. The van der Waals surface area contributed by atoms with Gasteiger partial charge in [-0.2, -0.15) is 0 Å². The highest BCUT2D eigenvalue weighted by molar-refractivity contribution is 5.81. The maximum Gasteiger partial charge on any atom is 0.408 e. The molecule has 1 aliphatic carbocycles. The third kappa shape index (κ3) is 0.855. The normalized spacial score (nSPS) is 37.7. The molecular weight excluding hydrogens is 162 g/mol. The number of carboxylic acids is 1. The number of hydrogen-bond acceptors (Lipinski definition) is 2. The summed E-state index contributed by atoms with van der Waals surface area (Å²) in [5, 5.41) is 17.4. The fourth-order valence-corrected chi connectivity index (χ4v) is 1.98. The Balaban J connectivity index is 2.16. The predicted molar refractivity (Wildman–Crippen MR) is 37.8 cm³/mol. The molecule has 12 heavy (non-hydrogen) atoms. The van der Waals surface area contributed by atoms with Gasteiger partial charge in [0.05, 0.1) is 0 Å². The van der Waals surface area contributed by atoms with Crippen LogP contribution in [0.25, 0.3) is 0 Å². The van der Waals surface area contributed by atoms with Crippen molar-refractivity contribution in [1.82, 2.24) is 4.90 Å². The summed E-state index contributed by atoms with van der Waals surface area (Å²) in [7, 11) is 0. The van der Waals surface area contributed by atoms with Crippen LogP contribution in [0.3, 0.4) is 0 Å². The molecule has 2 aliphatic rings. The van der Waals surface area contributed by atoms with Gasteiger partial charge in [-0.25, -0.2) is 9.59 Å². The lowest BCUT2D eigenvalue weighted by atomic mass is 10.2. The molecule has 5 heteroatoms. The molecule has 5 nitrogen and oxygen atoms in total. The molecule has 0 spiro atoms. The van der Waals surface area contributed by atoms with Gasteiger partial charge in [-0.3, -0.25) is 4.90 Å². The number of rotatable bonds is 1. The lowest BCUT2D eigenvalue weighted by Crippen LogP contribution is -2.42. The fraction of sp³-hybridized carbons (Fsp3) is 0.714. The van der Waals surface area contributed by atoms with Crippen molar-refractivity contribution >= 4 is 12.1 Å². The van der Waals surface area contributed by atoms with E-state index in [2.05, 4.69) is 0 Å². The van der Waals surface area contributed by atoms with E-state index in [9.17, 15) is 9.59 Å². The van der Waals surface area contributed by atoms with Gasteiger partial charge in [0.2, 0.25) is 0 Å². The summed E-state index contributed by atoms with van der Waals surface area (Å²) in [5.74, 6) is -0.622. The van der Waals surface area contributed by atoms with Gasteiger partial charge in [0.25, 0.3) is 0 Å². The van der Waals surface area contributed by atoms with Crippen LogP contribution in [0.15, 0.2) is 0 Å². The van der Waals surface area contributed by atoms with Gasteiger partial charge < -0.3 is 10.2 Å². The van der Waals surface area contributed by atoms with Crippen molar-refractivity contribution in [3.63, 3.8) is 0 Å². The van der Waals surface area contributed by atoms with E-state index in [4.69, 9.17) is 10.2 Å². The monoisotopic (exact) mass is 171 g/mol. The number of fused-ring (bicyclic) bond motifs is 1. The zero-order valence-corrected chi connectivity index (χ0v) is 6.30. The van der Waals surface area contributed by atoms with Gasteiger partial charge in [0.1, 0.15) is 6.04 Å². The van der Waals surface area contributed by atoms with Crippen molar-refractivity contribution in [2.45, 2.75) is 12.5 Å². The average Bonchev–Trinajstić information content (AvgIpc) is 2.60. The number of amides is 1. The first kappa shape index (κ1) is 7.39. The summed E-state index contributed by atoms with van der Waals surface area (Å²) < 4.78 is 0. The molecule has 0 aromatic rings. The number of carbonyl (C=O) groups is 2. The van der Waals surface area contributed by atoms with E-state index in [1.807, 2.05) is 0 Å². The number of likely N-dealkylation sites (tertiary alicyclic amines) is 1. The van der Waals surface area contributed by atoms with Crippen LogP contribution in [-0.4, -0.2) is 39.8 Å². The minimum Gasteiger partial charge on any atom is -0.480 e. The molecule has 1 amide bonds. The summed E-state index contributed by atoms with van der Waals surface area (Å²) in [6.07, 6.45) is -0.240. The third-order valence-corrected chi connectivity index (χ3v) is 2.65. The molecule has 2 N–H and O–H groups in total. The summed E-state index contributed by atoms with van der Waals surface area (Å²) in [4.78, 5) is 22.2. The Morgan fingerprint density at radius 2 is 2.00 bits per heavy atom. The van der Waals surface area contributed by atoms with Gasteiger partial charge in [-0.15, -0.1) is 0 Å². The molecular formula is C7H9NO4. The van der Waals surface area contributed by atoms with Crippen LogP contribution in [0.4, 0.5) is 4.79 Å². The Hall–Kier alpha value is -1.26. The van der Waals surface area contributed by atoms with E-state index >= 15 is 0 Å². The second kappa shape index (κ2) is 2.12. The molecule has 0 aromatic heterocycles. The standard InChI is InChI=1S/C7H9NO4/c9-6(10)5-4-1-3(4)2-8(5)7(11)12/h3-5H,1-2H2,(H,9,10)(H,11,12)/t3-,4-,5-/m0/s1. The van der Waals surface area contributed by atoms with Crippen LogP contribution >= 0.6 is 0 Å². The van der Waals surface area contributed by atoms with E-state index in [1.165, 1.54) is 0 Å². The van der Waals surface area contributed by atoms with Gasteiger partial charge in [-0.1, -0.05) is 0 Å². The zero-order chi connectivity index (χ0) is 8.88. The van der Waals surface area contributed by atoms with Gasteiger partial charge in [-0.05, 0) is 18.3 Å². The fourth-order valence-electron chi connectivity index (χ4n) is 1.98. The molecule has 2 fully saturated rings. The highest BCUT2D eigenvalue weighted by Crippen LogP contribution is 2.49. The molecule has 1 aliphatic heterocycles. The van der Waals surface area contributed by atoms with Crippen LogP contribution in [-0.2, 0) is 4.79 Å². The molecule has 0 radical (unpaired) electrons. The Labute approximate surface area is 68.6 Å². The van der Waals surface area contributed by atoms with Crippen molar-refractivity contribution in [1.29, 1.82) is 0 Å². The highest BCUT2D eigenvalue weighted by Gasteiger charge is 2.57. The first-order chi connectivity index (χ1) is 5.61. The van der Waals surface area contributed by atoms with E-state index < -0.39 is 18.1 Å². The SMILES string of the molecule is O=C(O)[C@@H]1[C@H]2C[C@H]2CN1C(=O)O. The van der Waals surface area contributed by atoms with E-state index in [0.29, 0.717) is 12.5 Å². The van der Waals surface area contributed by atoms with Gasteiger partial charge in [0.15, 0.2) is 0 Å². The quantitative estimate of drug-likeness (QED) is 0.585. The minimum absolute atomic E-state index is 0.0820. The number of aliphatic carboxylic acids is 1. The Morgan fingerprint density at radius 3 is 2.42 bits per heavy atom. The Bertz CT molecular complexity index is 252. The summed E-state index contributed by atoms with van der Waals surface area (Å²) in [6, 6.07) is -0.785. The third-order valence-electron chi connectivity index (χ3n) is 2.65. The maximum absolute atomic E-state index is 10.6. The lowest BCUT2D eigenvalue weighted by Gasteiger charge is -2.20. The van der Waals surface area contributed by atoms with Gasteiger partial charge in [0, 0.05) is 6.54 Å². The largest absolute Gasteiger partial charge is 0.480 e. The molecule has 66 valence electrons. The molecule has 1 heterocycles. The molecule has 1 saturated carbocycles. The molecule has 2 rings (SSSR count). The zero-order valence-electron chi connectivity index (χ0n) is 6.30. The molecule has 0 bridgehead atoms. The van der Waals surface area contributed by atoms with Crippen molar-refractivity contribution < 1.29 is 19.8 Å². The Morgan fingerprint density at radius 1 is 1.33 bits per heavy atom. The van der Waals surface area contributed by atoms with Crippen molar-refractivity contribution in [2.75, 3.05) is 6.54 Å². The van der Waals surface area contributed by atoms with Crippen LogP contribution in [0, 0.1) is 11.8 Å². The molecule has 0 aromatic carbocycles. The van der Waals surface area contributed by atoms with Crippen molar-refractivity contribution in [3.8, 4) is 0 Å². The van der Waals surface area contributed by atoms with E-state index in [0.717, 1.165) is 11.3 Å². The average molecular weight is 171 g/mol. The summed E-state index contributed by atoms with van der Waals surface area (Å²) in [6.45, 7) is 0.400. The highest BCUT2D eigenvalue weighted by atomic mass is 16.4. The minimum atomic E-state index is -1.12. The summed E-state index contributed by atoms with van der Waals surface area (Å²) >= 11 is 0. The number of piperidine rings is 1. The number of hydrogen-bond donors (Lipinski definition) is 2. The second-order valence-electron chi connectivity index (χ2n) is 3.38.